The molecule has 1 atom stereocenters. The molecule has 2 aromatic rings. The van der Waals surface area contributed by atoms with Gasteiger partial charge in [-0.25, -0.2) is 4.79 Å². The predicted octanol–water partition coefficient (Wildman–Crippen LogP) is 2.76. The van der Waals surface area contributed by atoms with Crippen molar-refractivity contribution in [1.29, 1.82) is 0 Å². The van der Waals surface area contributed by atoms with E-state index in [0.29, 0.717) is 12.1 Å². The van der Waals surface area contributed by atoms with E-state index < -0.39 is 22.9 Å². The number of nitrogens with one attached hydrogen (secondary N) is 1. The zero-order valence-corrected chi connectivity index (χ0v) is 13.9. The first kappa shape index (κ1) is 18.1. The number of rotatable bonds is 6. The summed E-state index contributed by atoms with van der Waals surface area (Å²) in [5.41, 5.74) is 1.36. The number of carbonyl (C=O) groups is 2. The van der Waals surface area contributed by atoms with Gasteiger partial charge in [0.15, 0.2) is 6.10 Å². The molecule has 1 N–H and O–H groups in total. The van der Waals surface area contributed by atoms with Crippen molar-refractivity contribution in [2.75, 3.05) is 0 Å². The summed E-state index contributed by atoms with van der Waals surface area (Å²) in [6.45, 7) is 3.33. The average Bonchev–Trinajstić information content (AvgIpc) is 2.59. The fourth-order valence-electron chi connectivity index (χ4n) is 2.20. The summed E-state index contributed by atoms with van der Waals surface area (Å²) in [7, 11) is 0. The minimum atomic E-state index is -0.980. The molecule has 0 radical (unpaired) electrons. The number of carbonyl (C=O) groups excluding carboxylic acids is 2. The third-order valence-corrected chi connectivity index (χ3v) is 3.59. The average molecular weight is 342 g/mol. The van der Waals surface area contributed by atoms with Crippen LogP contribution in [0.15, 0.2) is 48.5 Å². The summed E-state index contributed by atoms with van der Waals surface area (Å²) in [6.07, 6.45) is -0.980. The largest absolute Gasteiger partial charge is 0.449 e. The Morgan fingerprint density at radius 3 is 2.48 bits per heavy atom. The van der Waals surface area contributed by atoms with E-state index in [1.165, 1.54) is 32.0 Å². The standard InChI is InChI=1S/C18H18N2O5/c1-12-10-15(8-9-16(12)20(23)24)18(22)25-13(2)17(21)19-11-14-6-4-3-5-7-14/h3-10,13H,11H2,1-2H3,(H,19,21)/t13-/m0/s1. The van der Waals surface area contributed by atoms with E-state index in [1.54, 1.807) is 0 Å². The molecule has 0 saturated carbocycles. The Bertz CT molecular complexity index is 789. The Kier molecular flexibility index (Phi) is 5.84. The Labute approximate surface area is 144 Å². The summed E-state index contributed by atoms with van der Waals surface area (Å²) in [5, 5.41) is 13.5. The molecule has 0 bridgehead atoms. The van der Waals surface area contributed by atoms with Crippen molar-refractivity contribution in [2.24, 2.45) is 0 Å². The van der Waals surface area contributed by atoms with Gasteiger partial charge in [0.2, 0.25) is 0 Å². The number of aryl methyl sites for hydroxylation is 1. The zero-order chi connectivity index (χ0) is 18.4. The number of nitro benzene ring substituents is 1. The Balaban J connectivity index is 1.94. The minimum Gasteiger partial charge on any atom is -0.449 e. The molecule has 0 aromatic heterocycles. The molecule has 0 saturated heterocycles. The lowest BCUT2D eigenvalue weighted by Gasteiger charge is -2.14. The first-order valence-electron chi connectivity index (χ1n) is 7.66. The molecule has 1 amide bonds. The van der Waals surface area contributed by atoms with E-state index in [-0.39, 0.29) is 11.3 Å². The second kappa shape index (κ2) is 8.05. The van der Waals surface area contributed by atoms with Crippen LogP contribution in [0.2, 0.25) is 0 Å². The van der Waals surface area contributed by atoms with Crippen molar-refractivity contribution in [3.05, 3.63) is 75.3 Å². The first-order valence-corrected chi connectivity index (χ1v) is 7.66. The van der Waals surface area contributed by atoms with Crippen LogP contribution in [0.25, 0.3) is 0 Å². The van der Waals surface area contributed by atoms with Crippen LogP contribution in [0.1, 0.15) is 28.4 Å². The van der Waals surface area contributed by atoms with Gasteiger partial charge in [0.05, 0.1) is 10.5 Å². The topological polar surface area (TPSA) is 98.5 Å². The van der Waals surface area contributed by atoms with Crippen LogP contribution in [0.3, 0.4) is 0 Å². The molecule has 25 heavy (non-hydrogen) atoms. The van der Waals surface area contributed by atoms with Crippen LogP contribution in [0.4, 0.5) is 5.69 Å². The maximum absolute atomic E-state index is 12.1. The number of amides is 1. The number of ether oxygens (including phenoxy) is 1. The number of nitro groups is 1. The summed E-state index contributed by atoms with van der Waals surface area (Å²) in [4.78, 5) is 34.4. The highest BCUT2D eigenvalue weighted by Gasteiger charge is 2.20. The number of nitrogens with zero attached hydrogens (tertiary/aromatic N) is 1. The number of hydrogen-bond acceptors (Lipinski definition) is 5. The molecule has 7 nitrogen and oxygen atoms in total. The van der Waals surface area contributed by atoms with Gasteiger partial charge < -0.3 is 10.1 Å². The predicted molar refractivity (Wildman–Crippen MR) is 91.0 cm³/mol. The second-order valence-corrected chi connectivity index (χ2v) is 5.51. The summed E-state index contributed by atoms with van der Waals surface area (Å²) < 4.78 is 5.12. The van der Waals surface area contributed by atoms with E-state index >= 15 is 0 Å². The van der Waals surface area contributed by atoms with Crippen LogP contribution in [-0.4, -0.2) is 22.9 Å². The van der Waals surface area contributed by atoms with Gasteiger partial charge in [-0.1, -0.05) is 30.3 Å². The third kappa shape index (κ3) is 4.87. The van der Waals surface area contributed by atoms with E-state index in [1.807, 2.05) is 30.3 Å². The summed E-state index contributed by atoms with van der Waals surface area (Å²) in [5.74, 6) is -1.13. The lowest BCUT2D eigenvalue weighted by molar-refractivity contribution is -0.385. The molecule has 2 rings (SSSR count). The SMILES string of the molecule is Cc1cc(C(=O)O[C@@H](C)C(=O)NCc2ccccc2)ccc1[N+](=O)[O-]. The molecular formula is C18H18N2O5. The smallest absolute Gasteiger partial charge is 0.338 e. The van der Waals surface area contributed by atoms with Crippen LogP contribution < -0.4 is 5.32 Å². The molecule has 2 aromatic carbocycles. The molecule has 130 valence electrons. The van der Waals surface area contributed by atoms with Crippen LogP contribution in [-0.2, 0) is 16.1 Å². The van der Waals surface area contributed by atoms with Crippen molar-refractivity contribution in [1.82, 2.24) is 5.32 Å². The van der Waals surface area contributed by atoms with Gasteiger partial charge >= 0.3 is 5.97 Å². The Morgan fingerprint density at radius 2 is 1.88 bits per heavy atom. The molecular weight excluding hydrogens is 324 g/mol. The summed E-state index contributed by atoms with van der Waals surface area (Å²) in [6, 6.07) is 13.3. The lowest BCUT2D eigenvalue weighted by atomic mass is 10.1. The second-order valence-electron chi connectivity index (χ2n) is 5.51. The van der Waals surface area contributed by atoms with Crippen molar-refractivity contribution in [2.45, 2.75) is 26.5 Å². The van der Waals surface area contributed by atoms with Gasteiger partial charge in [0.1, 0.15) is 0 Å². The molecule has 0 aliphatic heterocycles. The van der Waals surface area contributed by atoms with E-state index in [2.05, 4.69) is 5.32 Å². The molecule has 0 spiro atoms. The fraction of sp³-hybridized carbons (Fsp3) is 0.222. The van der Waals surface area contributed by atoms with Crippen molar-refractivity contribution in [3.63, 3.8) is 0 Å². The van der Waals surface area contributed by atoms with Crippen molar-refractivity contribution in [3.8, 4) is 0 Å². The molecule has 0 heterocycles. The van der Waals surface area contributed by atoms with Gasteiger partial charge in [-0.05, 0) is 31.5 Å². The zero-order valence-electron chi connectivity index (χ0n) is 13.9. The molecule has 0 aliphatic rings. The van der Waals surface area contributed by atoms with Crippen LogP contribution in [0, 0.1) is 17.0 Å². The maximum Gasteiger partial charge on any atom is 0.338 e. The highest BCUT2D eigenvalue weighted by molar-refractivity contribution is 5.92. The quantitative estimate of drug-likeness (QED) is 0.494. The molecule has 0 aliphatic carbocycles. The highest BCUT2D eigenvalue weighted by Crippen LogP contribution is 2.19. The fourth-order valence-corrected chi connectivity index (χ4v) is 2.20. The van der Waals surface area contributed by atoms with Gasteiger partial charge in [0, 0.05) is 18.2 Å². The van der Waals surface area contributed by atoms with Crippen LogP contribution >= 0.6 is 0 Å². The number of esters is 1. The monoisotopic (exact) mass is 342 g/mol. The summed E-state index contributed by atoms with van der Waals surface area (Å²) >= 11 is 0. The van der Waals surface area contributed by atoms with E-state index in [0.717, 1.165) is 5.56 Å². The number of hydrogen-bond donors (Lipinski definition) is 1. The van der Waals surface area contributed by atoms with Gasteiger partial charge in [0.25, 0.3) is 11.6 Å². The van der Waals surface area contributed by atoms with Gasteiger partial charge in [-0.2, -0.15) is 0 Å². The molecule has 0 fully saturated rings. The minimum absolute atomic E-state index is 0.0785. The maximum atomic E-state index is 12.1. The Hall–Kier alpha value is -3.22. The van der Waals surface area contributed by atoms with Gasteiger partial charge in [-0.3, -0.25) is 14.9 Å². The normalized spacial score (nSPS) is 11.4. The van der Waals surface area contributed by atoms with E-state index in [9.17, 15) is 19.7 Å². The third-order valence-electron chi connectivity index (χ3n) is 3.59. The van der Waals surface area contributed by atoms with Gasteiger partial charge in [-0.15, -0.1) is 0 Å². The van der Waals surface area contributed by atoms with Crippen LogP contribution in [0.5, 0.6) is 0 Å². The molecule has 0 unspecified atom stereocenters. The number of benzene rings is 2. The van der Waals surface area contributed by atoms with E-state index in [4.69, 9.17) is 4.74 Å². The Morgan fingerprint density at radius 1 is 1.20 bits per heavy atom. The highest BCUT2D eigenvalue weighted by atomic mass is 16.6. The first-order chi connectivity index (χ1) is 11.9. The molecule has 7 heteroatoms. The lowest BCUT2D eigenvalue weighted by Crippen LogP contribution is -2.35. The van der Waals surface area contributed by atoms with Crippen molar-refractivity contribution >= 4 is 17.6 Å². The van der Waals surface area contributed by atoms with Crippen molar-refractivity contribution < 1.29 is 19.2 Å².